The Hall–Kier alpha value is -2.30. The van der Waals surface area contributed by atoms with Crippen molar-refractivity contribution in [1.82, 2.24) is 4.98 Å². The Balaban J connectivity index is 2.30. The fourth-order valence-corrected chi connectivity index (χ4v) is 1.60. The minimum absolute atomic E-state index is 0.0279. The Morgan fingerprint density at radius 1 is 1.17 bits per heavy atom. The molecule has 3 nitrogen and oxygen atoms in total. The zero-order valence-corrected chi connectivity index (χ0v) is 9.36. The number of hydrogen-bond donors (Lipinski definition) is 1. The number of hydrogen-bond acceptors (Lipinski definition) is 3. The van der Waals surface area contributed by atoms with Crippen LogP contribution in [0.25, 0.3) is 0 Å². The van der Waals surface area contributed by atoms with Crippen molar-refractivity contribution >= 4 is 11.5 Å². The van der Waals surface area contributed by atoms with E-state index < -0.39 is 23.8 Å². The third-order valence-electron chi connectivity index (χ3n) is 2.50. The van der Waals surface area contributed by atoms with Gasteiger partial charge in [-0.25, -0.2) is 8.78 Å². The SMILES string of the molecule is Nc1cccnc1C(=O)Cc1c(F)cccc1F. The van der Waals surface area contributed by atoms with Crippen LogP contribution in [0.3, 0.4) is 0 Å². The van der Waals surface area contributed by atoms with Crippen LogP contribution in [0.4, 0.5) is 14.5 Å². The van der Waals surface area contributed by atoms with Crippen molar-refractivity contribution in [3.63, 3.8) is 0 Å². The van der Waals surface area contributed by atoms with Crippen molar-refractivity contribution in [2.75, 3.05) is 5.73 Å². The van der Waals surface area contributed by atoms with Gasteiger partial charge in [0.1, 0.15) is 17.3 Å². The highest BCUT2D eigenvalue weighted by atomic mass is 19.1. The molecule has 0 radical (unpaired) electrons. The molecule has 0 aliphatic rings. The molecule has 5 heteroatoms. The maximum Gasteiger partial charge on any atom is 0.187 e. The van der Waals surface area contributed by atoms with Crippen LogP contribution in [0, 0.1) is 11.6 Å². The van der Waals surface area contributed by atoms with Gasteiger partial charge >= 0.3 is 0 Å². The third kappa shape index (κ3) is 2.34. The van der Waals surface area contributed by atoms with E-state index in [1.165, 1.54) is 18.3 Å². The number of aromatic nitrogens is 1. The van der Waals surface area contributed by atoms with Gasteiger partial charge in [0.2, 0.25) is 0 Å². The van der Waals surface area contributed by atoms with Gasteiger partial charge in [0.05, 0.1) is 5.69 Å². The maximum atomic E-state index is 13.4. The number of nitrogens with two attached hydrogens (primary N) is 1. The van der Waals surface area contributed by atoms with Crippen molar-refractivity contribution in [2.45, 2.75) is 6.42 Å². The molecule has 1 aromatic heterocycles. The number of benzene rings is 1. The molecule has 18 heavy (non-hydrogen) atoms. The lowest BCUT2D eigenvalue weighted by molar-refractivity contribution is 0.0986. The lowest BCUT2D eigenvalue weighted by Crippen LogP contribution is -2.11. The molecule has 2 N–H and O–H groups in total. The van der Waals surface area contributed by atoms with Gasteiger partial charge < -0.3 is 5.73 Å². The summed E-state index contributed by atoms with van der Waals surface area (Å²) in [5, 5.41) is 0. The summed E-state index contributed by atoms with van der Waals surface area (Å²) >= 11 is 0. The van der Waals surface area contributed by atoms with E-state index in [2.05, 4.69) is 4.98 Å². The molecular formula is C13H10F2N2O. The van der Waals surface area contributed by atoms with Gasteiger partial charge in [-0.15, -0.1) is 0 Å². The average molecular weight is 248 g/mol. The van der Waals surface area contributed by atoms with E-state index in [1.807, 2.05) is 0 Å². The number of carbonyl (C=O) groups is 1. The Morgan fingerprint density at radius 2 is 1.83 bits per heavy atom. The summed E-state index contributed by atoms with van der Waals surface area (Å²) in [6, 6.07) is 6.54. The number of nitrogens with zero attached hydrogens (tertiary/aromatic N) is 1. The van der Waals surface area contributed by atoms with Crippen LogP contribution >= 0.6 is 0 Å². The van der Waals surface area contributed by atoms with E-state index in [1.54, 1.807) is 6.07 Å². The summed E-state index contributed by atoms with van der Waals surface area (Å²) in [7, 11) is 0. The molecule has 2 aromatic rings. The Labute approximate surface area is 102 Å². The minimum Gasteiger partial charge on any atom is -0.397 e. The van der Waals surface area contributed by atoms with Crippen molar-refractivity contribution in [1.29, 1.82) is 0 Å². The molecule has 0 saturated heterocycles. The highest BCUT2D eigenvalue weighted by molar-refractivity contribution is 6.00. The number of Topliss-reactive ketones (excluding diaryl/α,β-unsaturated/α-hetero) is 1. The summed E-state index contributed by atoms with van der Waals surface area (Å²) < 4.78 is 26.8. The number of halogens is 2. The fourth-order valence-electron chi connectivity index (χ4n) is 1.60. The second kappa shape index (κ2) is 4.91. The predicted octanol–water partition coefficient (Wildman–Crippen LogP) is 2.37. The first-order valence-electron chi connectivity index (χ1n) is 5.26. The highest BCUT2D eigenvalue weighted by Gasteiger charge is 2.16. The number of ketones is 1. The lowest BCUT2D eigenvalue weighted by atomic mass is 10.0. The zero-order valence-electron chi connectivity index (χ0n) is 9.36. The molecule has 2 rings (SSSR count). The highest BCUT2D eigenvalue weighted by Crippen LogP contribution is 2.16. The minimum atomic E-state index is -0.752. The molecular weight excluding hydrogens is 238 g/mol. The normalized spacial score (nSPS) is 10.3. The molecule has 92 valence electrons. The summed E-state index contributed by atoms with van der Waals surface area (Å²) in [6.07, 6.45) is 1.00. The first kappa shape index (κ1) is 12.2. The molecule has 1 aromatic carbocycles. The van der Waals surface area contributed by atoms with E-state index in [0.29, 0.717) is 0 Å². The van der Waals surface area contributed by atoms with Crippen molar-refractivity contribution in [3.05, 3.63) is 59.4 Å². The fraction of sp³-hybridized carbons (Fsp3) is 0.0769. The number of pyridine rings is 1. The molecule has 1 heterocycles. The van der Waals surface area contributed by atoms with Crippen LogP contribution in [0.5, 0.6) is 0 Å². The standard InChI is InChI=1S/C13H10F2N2O/c14-9-3-1-4-10(15)8(9)7-12(18)13-11(16)5-2-6-17-13/h1-6H,7,16H2. The summed E-state index contributed by atoms with van der Waals surface area (Å²) in [5.74, 6) is -2.02. The largest absolute Gasteiger partial charge is 0.397 e. The Morgan fingerprint density at radius 3 is 2.44 bits per heavy atom. The van der Waals surface area contributed by atoms with Crippen LogP contribution in [-0.4, -0.2) is 10.8 Å². The van der Waals surface area contributed by atoms with Gasteiger partial charge in [0, 0.05) is 18.2 Å². The van der Waals surface area contributed by atoms with Crippen LogP contribution < -0.4 is 5.73 Å². The number of rotatable bonds is 3. The second-order valence-corrected chi connectivity index (χ2v) is 3.74. The van der Waals surface area contributed by atoms with Gasteiger partial charge in [-0.1, -0.05) is 6.07 Å². The second-order valence-electron chi connectivity index (χ2n) is 3.74. The average Bonchev–Trinajstić information content (AvgIpc) is 2.34. The van der Waals surface area contributed by atoms with E-state index in [4.69, 9.17) is 5.73 Å². The van der Waals surface area contributed by atoms with E-state index in [0.717, 1.165) is 12.1 Å². The van der Waals surface area contributed by atoms with Gasteiger partial charge in [-0.2, -0.15) is 0 Å². The molecule has 0 amide bonds. The van der Waals surface area contributed by atoms with E-state index in [9.17, 15) is 13.6 Å². The molecule has 0 bridgehead atoms. The van der Waals surface area contributed by atoms with Crippen molar-refractivity contribution in [2.24, 2.45) is 0 Å². The van der Waals surface area contributed by atoms with E-state index in [-0.39, 0.29) is 16.9 Å². The Kier molecular flexibility index (Phi) is 3.32. The quantitative estimate of drug-likeness (QED) is 0.848. The molecule has 0 aliphatic heterocycles. The first-order chi connectivity index (χ1) is 8.59. The van der Waals surface area contributed by atoms with Crippen LogP contribution in [0.15, 0.2) is 36.5 Å². The maximum absolute atomic E-state index is 13.4. The van der Waals surface area contributed by atoms with Crippen molar-refractivity contribution in [3.8, 4) is 0 Å². The smallest absolute Gasteiger partial charge is 0.187 e. The first-order valence-corrected chi connectivity index (χ1v) is 5.26. The molecule has 0 fully saturated rings. The van der Waals surface area contributed by atoms with Gasteiger partial charge in [0.15, 0.2) is 5.78 Å². The van der Waals surface area contributed by atoms with Gasteiger partial charge in [-0.05, 0) is 24.3 Å². The van der Waals surface area contributed by atoms with E-state index >= 15 is 0 Å². The third-order valence-corrected chi connectivity index (χ3v) is 2.50. The Bertz CT molecular complexity index is 579. The predicted molar refractivity (Wildman–Crippen MR) is 63.0 cm³/mol. The van der Waals surface area contributed by atoms with Gasteiger partial charge in [0.25, 0.3) is 0 Å². The topological polar surface area (TPSA) is 56.0 Å². The summed E-state index contributed by atoms with van der Waals surface area (Å²) in [4.78, 5) is 15.7. The van der Waals surface area contributed by atoms with Crippen molar-refractivity contribution < 1.29 is 13.6 Å². The summed E-state index contributed by atoms with van der Waals surface area (Å²) in [6.45, 7) is 0. The summed E-state index contributed by atoms with van der Waals surface area (Å²) in [5.41, 5.74) is 5.53. The number of carbonyl (C=O) groups excluding carboxylic acids is 1. The van der Waals surface area contributed by atoms with Crippen LogP contribution in [0.2, 0.25) is 0 Å². The lowest BCUT2D eigenvalue weighted by Gasteiger charge is -2.05. The monoisotopic (exact) mass is 248 g/mol. The molecule has 0 saturated carbocycles. The zero-order chi connectivity index (χ0) is 13.1. The molecule has 0 atom stereocenters. The molecule has 0 unspecified atom stereocenters. The van der Waals surface area contributed by atoms with Gasteiger partial charge in [-0.3, -0.25) is 9.78 Å². The van der Waals surface area contributed by atoms with Crippen LogP contribution in [0.1, 0.15) is 16.1 Å². The molecule has 0 spiro atoms. The molecule has 0 aliphatic carbocycles. The van der Waals surface area contributed by atoms with Crippen LogP contribution in [-0.2, 0) is 6.42 Å². The number of anilines is 1. The number of nitrogen functional groups attached to an aromatic ring is 1.